The second-order valence-electron chi connectivity index (χ2n) is 6.96. The van der Waals surface area contributed by atoms with Gasteiger partial charge >= 0.3 is 0 Å². The Hall–Kier alpha value is -1.84. The summed E-state index contributed by atoms with van der Waals surface area (Å²) in [4.78, 5) is 17.7. The first-order valence-corrected chi connectivity index (χ1v) is 11.4. The van der Waals surface area contributed by atoms with E-state index in [2.05, 4.69) is 27.3 Å². The summed E-state index contributed by atoms with van der Waals surface area (Å²) in [6, 6.07) is 11.8. The number of amides is 1. The molecule has 1 atom stereocenters. The molecule has 4 nitrogen and oxygen atoms in total. The highest BCUT2D eigenvalue weighted by Crippen LogP contribution is 2.31. The number of nitrogens with one attached hydrogen (secondary N) is 1. The number of anilines is 1. The van der Waals surface area contributed by atoms with Crippen molar-refractivity contribution in [3.8, 4) is 6.07 Å². The number of halogens is 1. The monoisotopic (exact) mass is 457 g/mol. The van der Waals surface area contributed by atoms with E-state index in [0.29, 0.717) is 17.0 Å². The van der Waals surface area contributed by atoms with Gasteiger partial charge in [0.05, 0.1) is 16.5 Å². The topological polar surface area (TPSA) is 65.8 Å². The lowest BCUT2D eigenvalue weighted by atomic mass is 9.96. The highest BCUT2D eigenvalue weighted by molar-refractivity contribution is 9.10. The van der Waals surface area contributed by atoms with E-state index in [4.69, 9.17) is 4.98 Å². The minimum absolute atomic E-state index is 0.0724. The molecule has 1 heterocycles. The van der Waals surface area contributed by atoms with E-state index in [9.17, 15) is 10.1 Å². The van der Waals surface area contributed by atoms with Crippen LogP contribution < -0.4 is 5.32 Å². The quantitative estimate of drug-likeness (QED) is 0.568. The standard InChI is InChI=1S/C22H24BrN3OS/c1-2-20(21(27)25-19-12-8-7-10-17(19)23)28-22-16(14-24)13-15-9-5-3-4-6-11-18(15)26-22/h7-8,10,12-13,20H,2-6,9,11H2,1H3,(H,25,27). The molecule has 3 rings (SSSR count). The van der Waals surface area contributed by atoms with E-state index in [-0.39, 0.29) is 11.2 Å². The first kappa shape index (κ1) is 20.9. The number of fused-ring (bicyclic) bond motifs is 1. The Morgan fingerprint density at radius 3 is 2.75 bits per heavy atom. The lowest BCUT2D eigenvalue weighted by molar-refractivity contribution is -0.115. The average molecular weight is 458 g/mol. The summed E-state index contributed by atoms with van der Waals surface area (Å²) in [5.74, 6) is -0.0724. The average Bonchev–Trinajstić information content (AvgIpc) is 2.68. The van der Waals surface area contributed by atoms with Crippen LogP contribution in [0.5, 0.6) is 0 Å². The number of para-hydroxylation sites is 1. The van der Waals surface area contributed by atoms with Crippen molar-refractivity contribution in [1.82, 2.24) is 4.98 Å². The third-order valence-electron chi connectivity index (χ3n) is 4.94. The summed E-state index contributed by atoms with van der Waals surface area (Å²) in [6.07, 6.45) is 7.36. The second-order valence-corrected chi connectivity index (χ2v) is 9.00. The minimum atomic E-state index is -0.307. The summed E-state index contributed by atoms with van der Waals surface area (Å²) in [5, 5.41) is 13.0. The first-order chi connectivity index (χ1) is 13.6. The van der Waals surface area contributed by atoms with Crippen molar-refractivity contribution in [3.05, 3.63) is 51.6 Å². The predicted molar refractivity (Wildman–Crippen MR) is 118 cm³/mol. The molecule has 0 saturated heterocycles. The lowest BCUT2D eigenvalue weighted by Crippen LogP contribution is -2.25. The fourth-order valence-corrected chi connectivity index (χ4v) is 4.75. The van der Waals surface area contributed by atoms with Crippen LogP contribution in [0.3, 0.4) is 0 Å². The largest absolute Gasteiger partial charge is 0.324 e. The molecule has 6 heteroatoms. The van der Waals surface area contributed by atoms with Gasteiger partial charge in [-0.25, -0.2) is 4.98 Å². The molecule has 0 saturated carbocycles. The van der Waals surface area contributed by atoms with Gasteiger partial charge in [-0.3, -0.25) is 4.79 Å². The van der Waals surface area contributed by atoms with Crippen LogP contribution in [0.4, 0.5) is 5.69 Å². The predicted octanol–water partition coefficient (Wildman–Crippen LogP) is 5.88. The summed E-state index contributed by atoms with van der Waals surface area (Å²) in [5.41, 5.74) is 3.63. The molecule has 1 N–H and O–H groups in total. The van der Waals surface area contributed by atoms with Crippen molar-refractivity contribution in [2.45, 2.75) is 62.1 Å². The number of benzene rings is 1. The second kappa shape index (κ2) is 10.1. The maximum Gasteiger partial charge on any atom is 0.237 e. The summed E-state index contributed by atoms with van der Waals surface area (Å²) in [6.45, 7) is 1.98. The van der Waals surface area contributed by atoms with Gasteiger partial charge in [0.25, 0.3) is 0 Å². The zero-order valence-corrected chi connectivity index (χ0v) is 18.4. The van der Waals surface area contributed by atoms with Gasteiger partial charge in [-0.1, -0.05) is 43.7 Å². The number of hydrogen-bond donors (Lipinski definition) is 1. The van der Waals surface area contributed by atoms with Crippen molar-refractivity contribution in [1.29, 1.82) is 5.26 Å². The van der Waals surface area contributed by atoms with E-state index >= 15 is 0 Å². The Morgan fingerprint density at radius 2 is 2.04 bits per heavy atom. The Morgan fingerprint density at radius 1 is 1.29 bits per heavy atom. The molecule has 0 fully saturated rings. The number of thioether (sulfide) groups is 1. The fraction of sp³-hybridized carbons (Fsp3) is 0.409. The van der Waals surface area contributed by atoms with Gasteiger partial charge in [0, 0.05) is 10.2 Å². The summed E-state index contributed by atoms with van der Waals surface area (Å²) < 4.78 is 0.847. The van der Waals surface area contributed by atoms with E-state index in [1.165, 1.54) is 30.2 Å². The molecule has 1 aromatic heterocycles. The van der Waals surface area contributed by atoms with Crippen molar-refractivity contribution in [2.24, 2.45) is 0 Å². The number of rotatable bonds is 5. The van der Waals surface area contributed by atoms with Gasteiger partial charge in [-0.15, -0.1) is 0 Å². The number of aromatic nitrogens is 1. The maximum atomic E-state index is 12.8. The van der Waals surface area contributed by atoms with Crippen LogP contribution in [0.2, 0.25) is 0 Å². The van der Waals surface area contributed by atoms with Gasteiger partial charge in [-0.05, 0) is 71.8 Å². The zero-order valence-electron chi connectivity index (χ0n) is 16.0. The van der Waals surface area contributed by atoms with Crippen LogP contribution in [-0.2, 0) is 17.6 Å². The van der Waals surface area contributed by atoms with E-state index in [1.54, 1.807) is 0 Å². The lowest BCUT2D eigenvalue weighted by Gasteiger charge is -2.18. The van der Waals surface area contributed by atoms with Crippen LogP contribution in [0, 0.1) is 11.3 Å². The van der Waals surface area contributed by atoms with Gasteiger partial charge in [-0.2, -0.15) is 5.26 Å². The number of carbonyl (C=O) groups excluding carboxylic acids is 1. The molecule has 0 spiro atoms. The molecule has 1 amide bonds. The molecule has 0 aliphatic heterocycles. The van der Waals surface area contributed by atoms with Crippen molar-refractivity contribution < 1.29 is 4.79 Å². The third kappa shape index (κ3) is 5.15. The highest BCUT2D eigenvalue weighted by atomic mass is 79.9. The van der Waals surface area contributed by atoms with Crippen LogP contribution >= 0.6 is 27.7 Å². The van der Waals surface area contributed by atoms with Crippen molar-refractivity contribution in [2.75, 3.05) is 5.32 Å². The molecule has 1 unspecified atom stereocenters. The Labute approximate surface area is 179 Å². The van der Waals surface area contributed by atoms with Crippen LogP contribution in [-0.4, -0.2) is 16.1 Å². The molecule has 1 aliphatic rings. The first-order valence-electron chi connectivity index (χ1n) is 9.77. The Balaban J connectivity index is 1.81. The number of nitrogens with zero attached hydrogens (tertiary/aromatic N) is 2. The number of nitriles is 1. The third-order valence-corrected chi connectivity index (χ3v) is 6.99. The normalized spacial score (nSPS) is 14.9. The Kier molecular flexibility index (Phi) is 7.52. The van der Waals surface area contributed by atoms with Crippen LogP contribution in [0.15, 0.2) is 39.8 Å². The van der Waals surface area contributed by atoms with E-state index in [0.717, 1.165) is 41.5 Å². The van der Waals surface area contributed by atoms with Gasteiger partial charge in [0.1, 0.15) is 11.1 Å². The molecular formula is C22H24BrN3OS. The van der Waals surface area contributed by atoms with E-state index < -0.39 is 0 Å². The Bertz CT molecular complexity index is 894. The van der Waals surface area contributed by atoms with E-state index in [1.807, 2.05) is 37.3 Å². The van der Waals surface area contributed by atoms with Crippen LogP contribution in [0.25, 0.3) is 0 Å². The number of hydrogen-bond acceptors (Lipinski definition) is 4. The fourth-order valence-electron chi connectivity index (χ4n) is 3.37. The molecule has 28 heavy (non-hydrogen) atoms. The maximum absolute atomic E-state index is 12.8. The molecule has 1 aliphatic carbocycles. The molecular weight excluding hydrogens is 434 g/mol. The number of carbonyl (C=O) groups is 1. The van der Waals surface area contributed by atoms with Gasteiger partial charge < -0.3 is 5.32 Å². The summed E-state index contributed by atoms with van der Waals surface area (Å²) in [7, 11) is 0. The highest BCUT2D eigenvalue weighted by Gasteiger charge is 2.22. The minimum Gasteiger partial charge on any atom is -0.324 e. The molecule has 146 valence electrons. The summed E-state index contributed by atoms with van der Waals surface area (Å²) >= 11 is 4.86. The molecule has 0 radical (unpaired) electrons. The van der Waals surface area contributed by atoms with Crippen LogP contribution in [0.1, 0.15) is 55.8 Å². The van der Waals surface area contributed by atoms with Gasteiger partial charge in [0.2, 0.25) is 5.91 Å². The van der Waals surface area contributed by atoms with Crippen molar-refractivity contribution in [3.63, 3.8) is 0 Å². The smallest absolute Gasteiger partial charge is 0.237 e. The molecule has 1 aromatic carbocycles. The van der Waals surface area contributed by atoms with Crippen molar-refractivity contribution >= 4 is 39.3 Å². The number of aryl methyl sites for hydroxylation is 2. The zero-order chi connectivity index (χ0) is 19.9. The molecule has 2 aromatic rings. The number of pyridine rings is 1. The van der Waals surface area contributed by atoms with Gasteiger partial charge in [0.15, 0.2) is 0 Å². The SMILES string of the molecule is CCC(Sc1nc2c(cc1C#N)CCCCCC2)C(=O)Nc1ccccc1Br. The molecule has 0 bridgehead atoms.